The van der Waals surface area contributed by atoms with Gasteiger partial charge in [-0.25, -0.2) is 0 Å². The first kappa shape index (κ1) is 21.0. The van der Waals surface area contributed by atoms with Gasteiger partial charge in [0.2, 0.25) is 0 Å². The van der Waals surface area contributed by atoms with Crippen LogP contribution in [0.15, 0.2) is 24.3 Å². The molecule has 1 aromatic rings. The Kier molecular flexibility index (Phi) is 7.67. The second-order valence-electron chi connectivity index (χ2n) is 7.75. The van der Waals surface area contributed by atoms with Crippen molar-refractivity contribution >= 4 is 5.91 Å². The second kappa shape index (κ2) is 10.2. The Labute approximate surface area is 166 Å². The number of carbonyl (C=O) groups is 1. The molecule has 0 aliphatic carbocycles. The number of carbonyl (C=O) groups excluding carboxylic acids is 1. The van der Waals surface area contributed by atoms with Crippen LogP contribution in [-0.4, -0.2) is 72.2 Å². The van der Waals surface area contributed by atoms with Gasteiger partial charge in [-0.15, -0.1) is 0 Å². The molecule has 0 radical (unpaired) electrons. The van der Waals surface area contributed by atoms with Gasteiger partial charge in [0, 0.05) is 26.2 Å². The summed E-state index contributed by atoms with van der Waals surface area (Å²) in [7, 11) is 1.61. The molecule has 0 bridgehead atoms. The van der Waals surface area contributed by atoms with Gasteiger partial charge in [0.15, 0.2) is 6.10 Å². The number of aliphatic hydroxyl groups is 2. The molecule has 0 saturated carbocycles. The fourth-order valence-electron chi connectivity index (χ4n) is 3.83. The molecule has 7 nitrogen and oxygen atoms in total. The van der Waals surface area contributed by atoms with Crippen molar-refractivity contribution in [2.75, 3.05) is 26.7 Å². The number of rotatable bonds is 7. The van der Waals surface area contributed by atoms with Crippen molar-refractivity contribution in [2.24, 2.45) is 0 Å². The first-order chi connectivity index (χ1) is 13.5. The highest BCUT2D eigenvalue weighted by atomic mass is 16.5. The number of piperidine rings is 1. The summed E-state index contributed by atoms with van der Waals surface area (Å²) in [4.78, 5) is 14.9. The highest BCUT2D eigenvalue weighted by Gasteiger charge is 2.35. The van der Waals surface area contributed by atoms with Gasteiger partial charge in [-0.2, -0.15) is 0 Å². The number of methoxy groups -OCH3 is 1. The highest BCUT2D eigenvalue weighted by Crippen LogP contribution is 2.23. The molecule has 2 heterocycles. The van der Waals surface area contributed by atoms with Crippen molar-refractivity contribution in [3.63, 3.8) is 0 Å². The molecule has 2 saturated heterocycles. The Morgan fingerprint density at radius 2 is 1.89 bits per heavy atom. The van der Waals surface area contributed by atoms with E-state index in [0.29, 0.717) is 13.0 Å². The molecule has 3 N–H and O–H groups in total. The number of aliphatic hydroxyl groups excluding tert-OH is 2. The monoisotopic (exact) mass is 392 g/mol. The van der Waals surface area contributed by atoms with Crippen molar-refractivity contribution in [1.82, 2.24) is 10.2 Å². The number of hydrogen-bond acceptors (Lipinski definition) is 6. The minimum atomic E-state index is -0.819. The molecule has 0 aromatic heterocycles. The number of amides is 1. The highest BCUT2D eigenvalue weighted by molar-refractivity contribution is 5.81. The van der Waals surface area contributed by atoms with Crippen LogP contribution in [0.4, 0.5) is 0 Å². The van der Waals surface area contributed by atoms with Gasteiger partial charge in [0.05, 0.1) is 25.4 Å². The quantitative estimate of drug-likeness (QED) is 0.643. The fourth-order valence-corrected chi connectivity index (χ4v) is 3.83. The fraction of sp³-hybridized carbons (Fsp3) is 0.667. The van der Waals surface area contributed by atoms with E-state index in [2.05, 4.69) is 10.2 Å². The summed E-state index contributed by atoms with van der Waals surface area (Å²) in [5.41, 5.74) is 0.961. The molecule has 28 heavy (non-hydrogen) atoms. The van der Waals surface area contributed by atoms with Crippen LogP contribution in [-0.2, 0) is 16.1 Å². The summed E-state index contributed by atoms with van der Waals surface area (Å²) in [5.74, 6) is 0.501. The molecular weight excluding hydrogens is 360 g/mol. The van der Waals surface area contributed by atoms with Gasteiger partial charge in [-0.05, 0) is 49.8 Å². The van der Waals surface area contributed by atoms with E-state index in [1.165, 1.54) is 0 Å². The van der Waals surface area contributed by atoms with Gasteiger partial charge < -0.3 is 29.9 Å². The van der Waals surface area contributed by atoms with E-state index in [-0.39, 0.29) is 18.1 Å². The normalized spacial score (nSPS) is 26.8. The summed E-state index contributed by atoms with van der Waals surface area (Å²) in [5, 5.41) is 22.7. The first-order valence-corrected chi connectivity index (χ1v) is 10.2. The lowest BCUT2D eigenvalue weighted by molar-refractivity contribution is -0.158. The number of nitrogens with one attached hydrogen (secondary N) is 1. The zero-order valence-electron chi connectivity index (χ0n) is 16.5. The summed E-state index contributed by atoms with van der Waals surface area (Å²) in [6, 6.07) is 7.50. The molecule has 156 valence electrons. The van der Waals surface area contributed by atoms with E-state index in [1.54, 1.807) is 7.11 Å². The lowest BCUT2D eigenvalue weighted by Crippen LogP contribution is -2.49. The largest absolute Gasteiger partial charge is 0.497 e. The van der Waals surface area contributed by atoms with Crippen LogP contribution in [0.2, 0.25) is 0 Å². The standard InChI is InChI=1S/C21H32N2O5/c1-27-17-4-2-15(3-5-17)14-22-21(26)20-19(25)7-6-18(28-20)10-13-23-11-8-16(24)9-12-23/h2-5,16,18-20,24-25H,6-14H2,1H3,(H,22,26)/t18-,19-,20-/m0/s1. The van der Waals surface area contributed by atoms with Crippen LogP contribution in [0.1, 0.15) is 37.7 Å². The van der Waals surface area contributed by atoms with Gasteiger partial charge in [-0.3, -0.25) is 4.79 Å². The molecule has 1 aromatic carbocycles. The zero-order chi connectivity index (χ0) is 19.9. The van der Waals surface area contributed by atoms with Gasteiger partial charge in [-0.1, -0.05) is 12.1 Å². The van der Waals surface area contributed by atoms with Crippen molar-refractivity contribution in [2.45, 2.75) is 63.1 Å². The molecular formula is C21H32N2O5. The minimum Gasteiger partial charge on any atom is -0.497 e. The van der Waals surface area contributed by atoms with Crippen molar-refractivity contribution in [3.8, 4) is 5.75 Å². The molecule has 0 spiro atoms. The predicted molar refractivity (Wildman–Crippen MR) is 105 cm³/mol. The van der Waals surface area contributed by atoms with E-state index < -0.39 is 12.2 Å². The summed E-state index contributed by atoms with van der Waals surface area (Å²) < 4.78 is 11.1. The zero-order valence-corrected chi connectivity index (χ0v) is 16.5. The van der Waals surface area contributed by atoms with E-state index >= 15 is 0 Å². The van der Waals surface area contributed by atoms with Crippen LogP contribution in [0.5, 0.6) is 5.75 Å². The Balaban J connectivity index is 1.44. The molecule has 1 amide bonds. The van der Waals surface area contributed by atoms with Crippen LogP contribution in [0.25, 0.3) is 0 Å². The minimum absolute atomic E-state index is 0.0213. The van der Waals surface area contributed by atoms with Crippen LogP contribution >= 0.6 is 0 Å². The Morgan fingerprint density at radius 1 is 1.18 bits per heavy atom. The van der Waals surface area contributed by atoms with E-state index in [1.807, 2.05) is 24.3 Å². The average Bonchev–Trinajstić information content (AvgIpc) is 2.73. The molecule has 3 atom stereocenters. The lowest BCUT2D eigenvalue weighted by Gasteiger charge is -2.35. The molecule has 7 heteroatoms. The number of ether oxygens (including phenoxy) is 2. The number of nitrogens with zero attached hydrogens (tertiary/aromatic N) is 1. The Morgan fingerprint density at radius 3 is 2.57 bits per heavy atom. The SMILES string of the molecule is COc1ccc(CNC(=O)[C@H]2O[C@H](CCN3CCC(O)CC3)CC[C@@H]2O)cc1. The first-order valence-electron chi connectivity index (χ1n) is 10.2. The van der Waals surface area contributed by atoms with Crippen LogP contribution < -0.4 is 10.1 Å². The molecule has 3 rings (SSSR count). The number of likely N-dealkylation sites (tertiary alicyclic amines) is 1. The Hall–Kier alpha value is -1.67. The lowest BCUT2D eigenvalue weighted by atomic mass is 9.98. The third-order valence-electron chi connectivity index (χ3n) is 5.68. The van der Waals surface area contributed by atoms with Gasteiger partial charge in [0.25, 0.3) is 5.91 Å². The Bertz CT molecular complexity index is 616. The molecule has 0 unspecified atom stereocenters. The maximum atomic E-state index is 12.5. The van der Waals surface area contributed by atoms with Crippen molar-refractivity contribution < 1.29 is 24.5 Å². The third-order valence-corrected chi connectivity index (χ3v) is 5.68. The van der Waals surface area contributed by atoms with E-state index in [0.717, 1.165) is 56.6 Å². The summed E-state index contributed by atoms with van der Waals surface area (Å²) in [6.07, 6.45) is 2.04. The van der Waals surface area contributed by atoms with E-state index in [4.69, 9.17) is 9.47 Å². The van der Waals surface area contributed by atoms with E-state index in [9.17, 15) is 15.0 Å². The van der Waals surface area contributed by atoms with Crippen molar-refractivity contribution in [3.05, 3.63) is 29.8 Å². The molecule has 2 aliphatic heterocycles. The predicted octanol–water partition coefficient (Wildman–Crippen LogP) is 1.07. The summed E-state index contributed by atoms with van der Waals surface area (Å²) >= 11 is 0. The third kappa shape index (κ3) is 5.91. The maximum absolute atomic E-state index is 12.5. The van der Waals surface area contributed by atoms with Crippen LogP contribution in [0, 0.1) is 0 Å². The van der Waals surface area contributed by atoms with Crippen molar-refractivity contribution in [1.29, 1.82) is 0 Å². The van der Waals surface area contributed by atoms with Gasteiger partial charge in [0.1, 0.15) is 5.75 Å². The van der Waals surface area contributed by atoms with Gasteiger partial charge >= 0.3 is 0 Å². The topological polar surface area (TPSA) is 91.3 Å². The number of benzene rings is 1. The molecule has 2 aliphatic rings. The molecule has 2 fully saturated rings. The second-order valence-corrected chi connectivity index (χ2v) is 7.75. The maximum Gasteiger partial charge on any atom is 0.252 e. The number of hydrogen-bond donors (Lipinski definition) is 3. The average molecular weight is 392 g/mol. The smallest absolute Gasteiger partial charge is 0.252 e. The van der Waals surface area contributed by atoms with Crippen LogP contribution in [0.3, 0.4) is 0 Å². The summed E-state index contributed by atoms with van der Waals surface area (Å²) in [6.45, 7) is 3.09.